The van der Waals surface area contributed by atoms with Gasteiger partial charge in [0.1, 0.15) is 0 Å². The molecule has 0 radical (unpaired) electrons. The smallest absolute Gasteiger partial charge is 0.0450 e. The van der Waals surface area contributed by atoms with Crippen LogP contribution in [0.15, 0.2) is 36.0 Å². The summed E-state index contributed by atoms with van der Waals surface area (Å²) in [4.78, 5) is 2.34. The fourth-order valence-electron chi connectivity index (χ4n) is 2.83. The van der Waals surface area contributed by atoms with Crippen molar-refractivity contribution in [2.75, 3.05) is 18.1 Å². The van der Waals surface area contributed by atoms with Gasteiger partial charge in [0.05, 0.1) is 0 Å². The molecule has 1 N–H and O–H groups in total. The van der Waals surface area contributed by atoms with E-state index in [2.05, 4.69) is 56.0 Å². The number of hydrogen-bond donors (Lipinski definition) is 1. The number of aliphatic hydroxyl groups excluding tert-OH is 1. The zero-order valence-corrected chi connectivity index (χ0v) is 10.9. The molecule has 1 aliphatic rings. The minimum absolute atomic E-state index is 0.0702. The predicted molar refractivity (Wildman–Crippen MR) is 72.3 cm³/mol. The normalized spacial score (nSPS) is 19.8. The number of rotatable bonds is 3. The van der Waals surface area contributed by atoms with Gasteiger partial charge in [-0.15, -0.1) is 0 Å². The molecular weight excluding hydrogens is 210 g/mol. The Labute approximate surface area is 104 Å². The lowest BCUT2D eigenvalue weighted by Gasteiger charge is -2.26. The Morgan fingerprint density at radius 2 is 2.00 bits per heavy atom. The number of para-hydroxylation sites is 1. The Morgan fingerprint density at radius 1 is 1.29 bits per heavy atom. The van der Waals surface area contributed by atoms with E-state index in [1.54, 1.807) is 0 Å². The van der Waals surface area contributed by atoms with Crippen molar-refractivity contribution in [2.45, 2.75) is 32.6 Å². The summed E-state index contributed by atoms with van der Waals surface area (Å²) in [5, 5.41) is 9.02. The Morgan fingerprint density at radius 3 is 2.65 bits per heavy atom. The highest BCUT2D eigenvalue weighted by Gasteiger charge is 2.38. The first kappa shape index (κ1) is 12.2. The van der Waals surface area contributed by atoms with Gasteiger partial charge in [-0.05, 0) is 25.0 Å². The molecule has 0 saturated carbocycles. The number of anilines is 1. The van der Waals surface area contributed by atoms with E-state index in [0.717, 1.165) is 13.0 Å². The van der Waals surface area contributed by atoms with Crippen molar-refractivity contribution in [1.29, 1.82) is 0 Å². The van der Waals surface area contributed by atoms with Gasteiger partial charge in [0.15, 0.2) is 0 Å². The van der Waals surface area contributed by atoms with Gasteiger partial charge >= 0.3 is 0 Å². The van der Waals surface area contributed by atoms with E-state index in [1.807, 2.05) is 0 Å². The highest BCUT2D eigenvalue weighted by Crippen LogP contribution is 2.47. The van der Waals surface area contributed by atoms with Gasteiger partial charge in [-0.2, -0.15) is 0 Å². The van der Waals surface area contributed by atoms with E-state index < -0.39 is 0 Å². The molecule has 0 fully saturated rings. The van der Waals surface area contributed by atoms with Crippen molar-refractivity contribution in [3.63, 3.8) is 0 Å². The maximum absolute atomic E-state index is 9.02. The van der Waals surface area contributed by atoms with E-state index in [0.29, 0.717) is 0 Å². The molecule has 1 aromatic carbocycles. The summed E-state index contributed by atoms with van der Waals surface area (Å²) in [7, 11) is 0. The first-order chi connectivity index (χ1) is 8.12. The lowest BCUT2D eigenvalue weighted by atomic mass is 9.84. The summed E-state index contributed by atoms with van der Waals surface area (Å²) in [5.74, 6) is 0. The molecule has 0 aromatic heterocycles. The van der Waals surface area contributed by atoms with Crippen LogP contribution in [0.5, 0.6) is 0 Å². The fourth-order valence-corrected chi connectivity index (χ4v) is 2.83. The number of hydrogen-bond acceptors (Lipinski definition) is 2. The molecule has 0 atom stereocenters. The third-order valence-electron chi connectivity index (χ3n) is 3.61. The van der Waals surface area contributed by atoms with Crippen molar-refractivity contribution in [3.8, 4) is 0 Å². The van der Waals surface area contributed by atoms with Crippen molar-refractivity contribution >= 4 is 5.69 Å². The first-order valence-corrected chi connectivity index (χ1v) is 6.27. The molecular formula is C15H21NO. The Hall–Kier alpha value is -1.28. The number of benzene rings is 1. The van der Waals surface area contributed by atoms with Crippen LogP contribution in [0.4, 0.5) is 5.69 Å². The summed E-state index contributed by atoms with van der Waals surface area (Å²) in [6, 6.07) is 8.56. The van der Waals surface area contributed by atoms with Gasteiger partial charge in [0.2, 0.25) is 0 Å². The summed E-state index contributed by atoms with van der Waals surface area (Å²) in [6.45, 7) is 7.75. The topological polar surface area (TPSA) is 23.5 Å². The van der Waals surface area contributed by atoms with Crippen LogP contribution in [-0.2, 0) is 5.41 Å². The highest BCUT2D eigenvalue weighted by atomic mass is 16.3. The summed E-state index contributed by atoms with van der Waals surface area (Å²) >= 11 is 0. The average molecular weight is 231 g/mol. The Balaban J connectivity index is 2.46. The van der Waals surface area contributed by atoms with E-state index in [-0.39, 0.29) is 12.0 Å². The van der Waals surface area contributed by atoms with Crippen molar-refractivity contribution in [3.05, 3.63) is 41.6 Å². The maximum Gasteiger partial charge on any atom is 0.0450 e. The van der Waals surface area contributed by atoms with E-state index in [1.165, 1.54) is 16.9 Å². The van der Waals surface area contributed by atoms with Gasteiger partial charge in [-0.1, -0.05) is 38.1 Å². The number of allylic oxidation sites excluding steroid dienone is 2. The second-order valence-corrected chi connectivity index (χ2v) is 5.04. The van der Waals surface area contributed by atoms with Crippen LogP contribution in [0.2, 0.25) is 0 Å². The van der Waals surface area contributed by atoms with Gasteiger partial charge in [-0.3, -0.25) is 0 Å². The van der Waals surface area contributed by atoms with E-state index in [4.69, 9.17) is 5.11 Å². The molecule has 2 nitrogen and oxygen atoms in total. The van der Waals surface area contributed by atoms with Crippen LogP contribution >= 0.6 is 0 Å². The van der Waals surface area contributed by atoms with E-state index >= 15 is 0 Å². The van der Waals surface area contributed by atoms with Crippen LogP contribution < -0.4 is 4.90 Å². The molecule has 0 spiro atoms. The lowest BCUT2D eigenvalue weighted by molar-refractivity contribution is 0.290. The predicted octanol–water partition coefficient (Wildman–Crippen LogP) is 3.07. The molecule has 2 rings (SSSR count). The SMILES string of the molecule is C/C=C1/N(CCCO)c2ccccc2C1(C)C. The molecule has 92 valence electrons. The van der Waals surface area contributed by atoms with Gasteiger partial charge in [0.25, 0.3) is 0 Å². The summed E-state index contributed by atoms with van der Waals surface area (Å²) < 4.78 is 0. The second kappa shape index (κ2) is 4.53. The zero-order valence-electron chi connectivity index (χ0n) is 10.9. The third kappa shape index (κ3) is 1.87. The molecule has 0 amide bonds. The minimum atomic E-state index is 0.0702. The highest BCUT2D eigenvalue weighted by molar-refractivity contribution is 5.70. The van der Waals surface area contributed by atoms with Crippen molar-refractivity contribution in [2.24, 2.45) is 0 Å². The average Bonchev–Trinajstić information content (AvgIpc) is 2.55. The third-order valence-corrected chi connectivity index (χ3v) is 3.61. The standard InChI is InChI=1S/C15H21NO/c1-4-14-15(2,3)12-8-5-6-9-13(12)16(14)10-7-11-17/h4-6,8-9,17H,7,10-11H2,1-3H3/b14-4+. The van der Waals surface area contributed by atoms with Crippen LogP contribution in [0, 0.1) is 0 Å². The lowest BCUT2D eigenvalue weighted by Crippen LogP contribution is -2.27. The largest absolute Gasteiger partial charge is 0.396 e. The molecule has 2 heteroatoms. The summed E-state index contributed by atoms with van der Waals surface area (Å²) in [6.07, 6.45) is 3.00. The molecule has 0 saturated heterocycles. The first-order valence-electron chi connectivity index (χ1n) is 6.27. The number of aliphatic hydroxyl groups is 1. The number of fused-ring (bicyclic) bond motifs is 1. The van der Waals surface area contributed by atoms with Crippen molar-refractivity contribution < 1.29 is 5.11 Å². The second-order valence-electron chi connectivity index (χ2n) is 5.04. The molecule has 0 unspecified atom stereocenters. The molecule has 1 heterocycles. The fraction of sp³-hybridized carbons (Fsp3) is 0.467. The van der Waals surface area contributed by atoms with Crippen LogP contribution in [0.1, 0.15) is 32.8 Å². The zero-order chi connectivity index (χ0) is 12.5. The van der Waals surface area contributed by atoms with E-state index in [9.17, 15) is 0 Å². The van der Waals surface area contributed by atoms with Crippen molar-refractivity contribution in [1.82, 2.24) is 0 Å². The molecule has 0 bridgehead atoms. The number of nitrogens with zero attached hydrogens (tertiary/aromatic N) is 1. The van der Waals surface area contributed by atoms with Gasteiger partial charge in [-0.25, -0.2) is 0 Å². The Bertz CT molecular complexity index is 434. The minimum Gasteiger partial charge on any atom is -0.396 e. The molecule has 17 heavy (non-hydrogen) atoms. The van der Waals surface area contributed by atoms with Gasteiger partial charge in [0, 0.05) is 30.0 Å². The molecule has 0 aliphatic carbocycles. The summed E-state index contributed by atoms with van der Waals surface area (Å²) in [5.41, 5.74) is 4.08. The Kier molecular flexibility index (Phi) is 3.25. The molecule has 1 aromatic rings. The monoisotopic (exact) mass is 231 g/mol. The quantitative estimate of drug-likeness (QED) is 0.864. The van der Waals surface area contributed by atoms with Crippen LogP contribution in [0.3, 0.4) is 0 Å². The van der Waals surface area contributed by atoms with Crippen LogP contribution in [0.25, 0.3) is 0 Å². The van der Waals surface area contributed by atoms with Gasteiger partial charge < -0.3 is 10.0 Å². The van der Waals surface area contributed by atoms with Crippen LogP contribution in [-0.4, -0.2) is 18.3 Å². The molecule has 1 aliphatic heterocycles. The maximum atomic E-state index is 9.02.